The molecule has 16 heavy (non-hydrogen) atoms. The molecule has 1 atom stereocenters. The number of rotatable bonds is 1. The van der Waals surface area contributed by atoms with Crippen molar-refractivity contribution in [1.29, 1.82) is 0 Å². The molecular formula is C13H25NO2. The van der Waals surface area contributed by atoms with Crippen LogP contribution in [0.5, 0.6) is 0 Å². The van der Waals surface area contributed by atoms with Crippen LogP contribution in [-0.4, -0.2) is 28.7 Å². The lowest BCUT2D eigenvalue weighted by atomic mass is 9.95. The number of carbonyl (C=O) groups is 1. The van der Waals surface area contributed by atoms with Gasteiger partial charge < -0.3 is 9.64 Å². The molecule has 1 amide bonds. The van der Waals surface area contributed by atoms with Gasteiger partial charge >= 0.3 is 6.09 Å². The molecule has 1 heterocycles. The minimum Gasteiger partial charge on any atom is -0.444 e. The van der Waals surface area contributed by atoms with Gasteiger partial charge in [-0.25, -0.2) is 4.79 Å². The number of carbonyl (C=O) groups excluding carboxylic acids is 1. The molecule has 0 N–H and O–H groups in total. The van der Waals surface area contributed by atoms with Crippen LogP contribution < -0.4 is 0 Å². The third kappa shape index (κ3) is 3.13. The molecule has 0 aliphatic carbocycles. The van der Waals surface area contributed by atoms with Crippen LogP contribution in [0.3, 0.4) is 0 Å². The van der Waals surface area contributed by atoms with E-state index in [1.807, 2.05) is 25.7 Å². The first-order valence-electron chi connectivity index (χ1n) is 6.16. The first kappa shape index (κ1) is 13.3. The maximum Gasteiger partial charge on any atom is 0.410 e. The number of nitrogens with zero attached hydrogens (tertiary/aromatic N) is 1. The summed E-state index contributed by atoms with van der Waals surface area (Å²) in [6.45, 7) is 13.0. The molecule has 0 bridgehead atoms. The van der Waals surface area contributed by atoms with Gasteiger partial charge in [0.05, 0.1) is 0 Å². The lowest BCUT2D eigenvalue weighted by Gasteiger charge is -2.33. The van der Waals surface area contributed by atoms with Crippen molar-refractivity contribution in [1.82, 2.24) is 4.90 Å². The largest absolute Gasteiger partial charge is 0.444 e. The fourth-order valence-corrected chi connectivity index (χ4v) is 2.30. The van der Waals surface area contributed by atoms with Crippen LogP contribution in [0.25, 0.3) is 0 Å². The third-order valence-corrected chi connectivity index (χ3v) is 3.15. The van der Waals surface area contributed by atoms with Crippen LogP contribution >= 0.6 is 0 Å². The SMILES string of the molecule is CC[C@@H]1CN(C(=O)OC(C)(C)C)C(C)(C)C1. The van der Waals surface area contributed by atoms with Gasteiger partial charge in [0.1, 0.15) is 5.60 Å². The normalized spacial score (nSPS) is 24.6. The predicted octanol–water partition coefficient (Wildman–Crippen LogP) is 3.43. The molecular weight excluding hydrogens is 202 g/mol. The molecule has 3 nitrogen and oxygen atoms in total. The molecule has 0 saturated carbocycles. The van der Waals surface area contributed by atoms with Gasteiger partial charge in [-0.3, -0.25) is 0 Å². The highest BCUT2D eigenvalue weighted by Gasteiger charge is 2.42. The average molecular weight is 227 g/mol. The van der Waals surface area contributed by atoms with Gasteiger partial charge in [-0.15, -0.1) is 0 Å². The Morgan fingerprint density at radius 3 is 2.38 bits per heavy atom. The standard InChI is InChI=1S/C13H25NO2/c1-7-10-8-13(5,6)14(9-10)11(15)16-12(2,3)4/h10H,7-9H2,1-6H3/t10-/m0/s1. The Morgan fingerprint density at radius 1 is 1.44 bits per heavy atom. The number of hydrogen-bond donors (Lipinski definition) is 0. The van der Waals surface area contributed by atoms with Gasteiger partial charge in [-0.2, -0.15) is 0 Å². The summed E-state index contributed by atoms with van der Waals surface area (Å²) in [7, 11) is 0. The first-order valence-corrected chi connectivity index (χ1v) is 6.16. The van der Waals surface area contributed by atoms with Crippen LogP contribution in [0.15, 0.2) is 0 Å². The maximum absolute atomic E-state index is 12.0. The minimum absolute atomic E-state index is 0.0665. The summed E-state index contributed by atoms with van der Waals surface area (Å²) in [5.74, 6) is 0.613. The molecule has 1 fully saturated rings. The topological polar surface area (TPSA) is 29.5 Å². The Morgan fingerprint density at radius 2 is 2.00 bits per heavy atom. The second-order valence-corrected chi connectivity index (χ2v) is 6.38. The molecule has 0 aromatic carbocycles. The Labute approximate surface area is 99.1 Å². The van der Waals surface area contributed by atoms with E-state index in [0.717, 1.165) is 19.4 Å². The zero-order chi connectivity index (χ0) is 12.6. The molecule has 0 radical (unpaired) electrons. The van der Waals surface area contributed by atoms with Crippen LogP contribution in [0.1, 0.15) is 54.4 Å². The highest BCUT2D eigenvalue weighted by molar-refractivity contribution is 5.69. The van der Waals surface area contributed by atoms with E-state index < -0.39 is 5.60 Å². The third-order valence-electron chi connectivity index (χ3n) is 3.15. The quantitative estimate of drug-likeness (QED) is 0.687. The zero-order valence-electron chi connectivity index (χ0n) is 11.5. The van der Waals surface area contributed by atoms with Gasteiger partial charge in [0, 0.05) is 12.1 Å². The van der Waals surface area contributed by atoms with E-state index in [0.29, 0.717) is 5.92 Å². The van der Waals surface area contributed by atoms with Gasteiger partial charge in [0.15, 0.2) is 0 Å². The fraction of sp³-hybridized carbons (Fsp3) is 0.923. The van der Waals surface area contributed by atoms with Crippen molar-refractivity contribution in [3.05, 3.63) is 0 Å². The van der Waals surface area contributed by atoms with Crippen LogP contribution in [0, 0.1) is 5.92 Å². The highest BCUT2D eigenvalue weighted by Crippen LogP contribution is 2.35. The Hall–Kier alpha value is -0.730. The summed E-state index contributed by atoms with van der Waals surface area (Å²) in [5.41, 5.74) is -0.472. The lowest BCUT2D eigenvalue weighted by molar-refractivity contribution is 0.0131. The van der Waals surface area contributed by atoms with Gasteiger partial charge in [-0.1, -0.05) is 13.3 Å². The van der Waals surface area contributed by atoms with Crippen molar-refractivity contribution < 1.29 is 9.53 Å². The molecule has 1 aliphatic heterocycles. The van der Waals surface area contributed by atoms with E-state index in [9.17, 15) is 4.79 Å². The molecule has 0 spiro atoms. The van der Waals surface area contributed by atoms with Crippen molar-refractivity contribution in [3.63, 3.8) is 0 Å². The van der Waals surface area contributed by atoms with E-state index >= 15 is 0 Å². The number of hydrogen-bond acceptors (Lipinski definition) is 2. The van der Waals surface area contributed by atoms with Crippen molar-refractivity contribution in [2.75, 3.05) is 6.54 Å². The van der Waals surface area contributed by atoms with E-state index in [2.05, 4.69) is 20.8 Å². The van der Waals surface area contributed by atoms with Crippen molar-refractivity contribution in [2.24, 2.45) is 5.92 Å². The summed E-state index contributed by atoms with van der Waals surface area (Å²) in [6, 6.07) is 0. The van der Waals surface area contributed by atoms with Crippen LogP contribution in [0.4, 0.5) is 4.79 Å². The summed E-state index contributed by atoms with van der Waals surface area (Å²) in [6.07, 6.45) is 2.03. The Bertz CT molecular complexity index is 266. The van der Waals surface area contributed by atoms with E-state index in [4.69, 9.17) is 4.74 Å². The molecule has 1 saturated heterocycles. The minimum atomic E-state index is -0.405. The van der Waals surface area contributed by atoms with Crippen molar-refractivity contribution in [2.45, 2.75) is 65.5 Å². The lowest BCUT2D eigenvalue weighted by Crippen LogP contribution is -2.45. The van der Waals surface area contributed by atoms with E-state index in [1.54, 1.807) is 0 Å². The van der Waals surface area contributed by atoms with Crippen molar-refractivity contribution in [3.8, 4) is 0 Å². The second kappa shape index (κ2) is 4.27. The molecule has 3 heteroatoms. The average Bonchev–Trinajstić information content (AvgIpc) is 2.37. The second-order valence-electron chi connectivity index (χ2n) is 6.38. The van der Waals surface area contributed by atoms with Gasteiger partial charge in [0.25, 0.3) is 0 Å². The Kier molecular flexibility index (Phi) is 3.56. The number of amides is 1. The molecule has 1 rings (SSSR count). The number of likely N-dealkylation sites (tertiary alicyclic amines) is 1. The zero-order valence-corrected chi connectivity index (χ0v) is 11.5. The molecule has 0 unspecified atom stereocenters. The maximum atomic E-state index is 12.0. The summed E-state index contributed by atoms with van der Waals surface area (Å²) in [5, 5.41) is 0. The van der Waals surface area contributed by atoms with Gasteiger partial charge in [-0.05, 0) is 47.0 Å². The van der Waals surface area contributed by atoms with Crippen LogP contribution in [-0.2, 0) is 4.74 Å². The highest BCUT2D eigenvalue weighted by atomic mass is 16.6. The van der Waals surface area contributed by atoms with E-state index in [-0.39, 0.29) is 11.6 Å². The summed E-state index contributed by atoms with van der Waals surface area (Å²) >= 11 is 0. The van der Waals surface area contributed by atoms with Crippen LogP contribution in [0.2, 0.25) is 0 Å². The Balaban J connectivity index is 2.69. The molecule has 0 aromatic heterocycles. The smallest absolute Gasteiger partial charge is 0.410 e. The summed E-state index contributed by atoms with van der Waals surface area (Å²) < 4.78 is 5.44. The first-order chi connectivity index (χ1) is 7.15. The van der Waals surface area contributed by atoms with Gasteiger partial charge in [0.2, 0.25) is 0 Å². The fourth-order valence-electron chi connectivity index (χ4n) is 2.30. The molecule has 94 valence electrons. The van der Waals surface area contributed by atoms with E-state index in [1.165, 1.54) is 0 Å². The van der Waals surface area contributed by atoms with Crippen molar-refractivity contribution >= 4 is 6.09 Å². The molecule has 0 aromatic rings. The molecule has 1 aliphatic rings. The number of ether oxygens (including phenoxy) is 1. The monoisotopic (exact) mass is 227 g/mol. The predicted molar refractivity (Wildman–Crippen MR) is 65.4 cm³/mol. The summed E-state index contributed by atoms with van der Waals surface area (Å²) in [4.78, 5) is 13.9.